The SMILES string of the molecule is CCOC(=O)C1CCCN(CC(=O)NC2CCN(C3CC3)CC2)C1. The second-order valence-corrected chi connectivity index (χ2v) is 7.44. The summed E-state index contributed by atoms with van der Waals surface area (Å²) in [4.78, 5) is 28.9. The van der Waals surface area contributed by atoms with Crippen LogP contribution in [0.25, 0.3) is 0 Å². The number of amides is 1. The van der Waals surface area contributed by atoms with Gasteiger partial charge in [-0.3, -0.25) is 14.5 Å². The molecule has 1 amide bonds. The van der Waals surface area contributed by atoms with Crippen LogP contribution in [0.4, 0.5) is 0 Å². The van der Waals surface area contributed by atoms with Crippen LogP contribution < -0.4 is 5.32 Å². The Morgan fingerprint density at radius 1 is 1.08 bits per heavy atom. The molecule has 6 heteroatoms. The van der Waals surface area contributed by atoms with Crippen molar-refractivity contribution in [1.29, 1.82) is 0 Å². The Labute approximate surface area is 144 Å². The van der Waals surface area contributed by atoms with Crippen molar-refractivity contribution in [3.63, 3.8) is 0 Å². The number of esters is 1. The van der Waals surface area contributed by atoms with E-state index in [1.54, 1.807) is 0 Å². The summed E-state index contributed by atoms with van der Waals surface area (Å²) in [6.45, 7) is 6.43. The van der Waals surface area contributed by atoms with Crippen molar-refractivity contribution < 1.29 is 14.3 Å². The molecule has 1 atom stereocenters. The van der Waals surface area contributed by atoms with Crippen LogP contribution in [0.15, 0.2) is 0 Å². The van der Waals surface area contributed by atoms with Gasteiger partial charge in [0.1, 0.15) is 0 Å². The highest BCUT2D eigenvalue weighted by molar-refractivity contribution is 5.78. The van der Waals surface area contributed by atoms with Crippen molar-refractivity contribution in [2.24, 2.45) is 5.92 Å². The zero-order valence-electron chi connectivity index (χ0n) is 14.8. The van der Waals surface area contributed by atoms with Crippen molar-refractivity contribution in [1.82, 2.24) is 15.1 Å². The normalized spacial score (nSPS) is 27.0. The molecular formula is C18H31N3O3. The maximum absolute atomic E-state index is 12.3. The number of rotatable bonds is 6. The number of piperidine rings is 2. The number of ether oxygens (including phenoxy) is 1. The Balaban J connectivity index is 1.37. The molecule has 0 radical (unpaired) electrons. The molecule has 0 aromatic rings. The van der Waals surface area contributed by atoms with Gasteiger partial charge in [-0.15, -0.1) is 0 Å². The number of hydrogen-bond donors (Lipinski definition) is 1. The molecule has 0 spiro atoms. The number of carbonyl (C=O) groups excluding carboxylic acids is 2. The molecule has 0 aromatic carbocycles. The third-order valence-electron chi connectivity index (χ3n) is 5.45. The third kappa shape index (κ3) is 4.93. The van der Waals surface area contributed by atoms with Crippen molar-refractivity contribution in [2.75, 3.05) is 39.3 Å². The van der Waals surface area contributed by atoms with E-state index >= 15 is 0 Å². The molecule has 1 N–H and O–H groups in total. The van der Waals surface area contributed by atoms with Crippen molar-refractivity contribution >= 4 is 11.9 Å². The third-order valence-corrected chi connectivity index (χ3v) is 5.45. The molecule has 0 aromatic heterocycles. The Hall–Kier alpha value is -1.14. The minimum Gasteiger partial charge on any atom is -0.466 e. The van der Waals surface area contributed by atoms with Gasteiger partial charge in [0.05, 0.1) is 19.1 Å². The maximum Gasteiger partial charge on any atom is 0.310 e. The average molecular weight is 337 g/mol. The van der Waals surface area contributed by atoms with Gasteiger partial charge in [0.15, 0.2) is 0 Å². The van der Waals surface area contributed by atoms with Crippen molar-refractivity contribution in [2.45, 2.75) is 57.5 Å². The highest BCUT2D eigenvalue weighted by Crippen LogP contribution is 2.29. The van der Waals surface area contributed by atoms with Crippen LogP contribution in [0.3, 0.4) is 0 Å². The summed E-state index contributed by atoms with van der Waals surface area (Å²) in [5.74, 6) is -0.0901. The van der Waals surface area contributed by atoms with Gasteiger partial charge in [-0.2, -0.15) is 0 Å². The minimum absolute atomic E-state index is 0.0757. The first kappa shape index (κ1) is 17.7. The van der Waals surface area contributed by atoms with Crippen LogP contribution in [-0.4, -0.2) is 73.1 Å². The smallest absolute Gasteiger partial charge is 0.310 e. The molecule has 0 bridgehead atoms. The monoisotopic (exact) mass is 337 g/mol. The molecule has 6 nitrogen and oxygen atoms in total. The molecule has 136 valence electrons. The second-order valence-electron chi connectivity index (χ2n) is 7.44. The summed E-state index contributed by atoms with van der Waals surface area (Å²) in [7, 11) is 0. The molecule has 3 rings (SSSR count). The lowest BCUT2D eigenvalue weighted by Gasteiger charge is -2.34. The van der Waals surface area contributed by atoms with Gasteiger partial charge in [-0.05, 0) is 52.0 Å². The summed E-state index contributed by atoms with van der Waals surface area (Å²) in [5.41, 5.74) is 0. The summed E-state index contributed by atoms with van der Waals surface area (Å²) < 4.78 is 5.12. The van der Waals surface area contributed by atoms with Gasteiger partial charge < -0.3 is 15.0 Å². The molecule has 2 aliphatic heterocycles. The first-order chi connectivity index (χ1) is 11.7. The molecule has 3 aliphatic rings. The fraction of sp³-hybridized carbons (Fsp3) is 0.889. The first-order valence-electron chi connectivity index (χ1n) is 9.58. The van der Waals surface area contributed by atoms with E-state index in [1.807, 2.05) is 6.92 Å². The largest absolute Gasteiger partial charge is 0.466 e. The molecule has 2 saturated heterocycles. The summed E-state index contributed by atoms with van der Waals surface area (Å²) in [6.07, 6.45) is 6.66. The van der Waals surface area contributed by atoms with Gasteiger partial charge in [-0.25, -0.2) is 0 Å². The van der Waals surface area contributed by atoms with E-state index in [-0.39, 0.29) is 17.8 Å². The van der Waals surface area contributed by atoms with Crippen LogP contribution in [0.5, 0.6) is 0 Å². The zero-order valence-corrected chi connectivity index (χ0v) is 14.8. The van der Waals surface area contributed by atoms with Crippen molar-refractivity contribution in [3.05, 3.63) is 0 Å². The van der Waals surface area contributed by atoms with Crippen LogP contribution in [0, 0.1) is 5.92 Å². The lowest BCUT2D eigenvalue weighted by molar-refractivity contribution is -0.150. The molecule has 2 heterocycles. The van der Waals surface area contributed by atoms with E-state index in [4.69, 9.17) is 4.74 Å². The molecule has 3 fully saturated rings. The average Bonchev–Trinajstić information content (AvgIpc) is 3.41. The van der Waals surface area contributed by atoms with Crippen LogP contribution in [0.2, 0.25) is 0 Å². The number of hydrogen-bond acceptors (Lipinski definition) is 5. The topological polar surface area (TPSA) is 61.9 Å². The number of nitrogens with one attached hydrogen (secondary N) is 1. The Kier molecular flexibility index (Phi) is 6.11. The van der Waals surface area contributed by atoms with Crippen LogP contribution in [0.1, 0.15) is 45.4 Å². The molecule has 1 unspecified atom stereocenters. The quantitative estimate of drug-likeness (QED) is 0.733. The number of carbonyl (C=O) groups is 2. The number of likely N-dealkylation sites (tertiary alicyclic amines) is 2. The molecule has 1 saturated carbocycles. The van der Waals surface area contributed by atoms with E-state index in [0.29, 0.717) is 25.7 Å². The van der Waals surface area contributed by atoms with Gasteiger partial charge >= 0.3 is 5.97 Å². The Bertz CT molecular complexity index is 445. The van der Waals surface area contributed by atoms with E-state index in [1.165, 1.54) is 12.8 Å². The van der Waals surface area contributed by atoms with E-state index < -0.39 is 0 Å². The molecule has 24 heavy (non-hydrogen) atoms. The predicted molar refractivity (Wildman–Crippen MR) is 91.6 cm³/mol. The summed E-state index contributed by atoms with van der Waals surface area (Å²) >= 11 is 0. The lowest BCUT2D eigenvalue weighted by atomic mass is 9.98. The van der Waals surface area contributed by atoms with Crippen LogP contribution in [-0.2, 0) is 14.3 Å². The first-order valence-corrected chi connectivity index (χ1v) is 9.58. The van der Waals surface area contributed by atoms with Crippen LogP contribution >= 0.6 is 0 Å². The van der Waals surface area contributed by atoms with Gasteiger partial charge in [0.25, 0.3) is 0 Å². The lowest BCUT2D eigenvalue weighted by Crippen LogP contribution is -2.49. The van der Waals surface area contributed by atoms with Gasteiger partial charge in [0.2, 0.25) is 5.91 Å². The molecule has 1 aliphatic carbocycles. The van der Waals surface area contributed by atoms with E-state index in [2.05, 4.69) is 15.1 Å². The Morgan fingerprint density at radius 3 is 2.50 bits per heavy atom. The van der Waals surface area contributed by atoms with E-state index in [9.17, 15) is 9.59 Å². The van der Waals surface area contributed by atoms with Gasteiger partial charge in [0, 0.05) is 31.7 Å². The summed E-state index contributed by atoms with van der Waals surface area (Å²) in [6, 6.07) is 1.15. The van der Waals surface area contributed by atoms with Crippen molar-refractivity contribution in [3.8, 4) is 0 Å². The predicted octanol–water partition coefficient (Wildman–Crippen LogP) is 1.00. The maximum atomic E-state index is 12.3. The zero-order chi connectivity index (χ0) is 16.9. The minimum atomic E-state index is -0.116. The number of nitrogens with zero attached hydrogens (tertiary/aromatic N) is 2. The Morgan fingerprint density at radius 2 is 1.83 bits per heavy atom. The molecular weight excluding hydrogens is 306 g/mol. The van der Waals surface area contributed by atoms with E-state index in [0.717, 1.165) is 51.4 Å². The highest BCUT2D eigenvalue weighted by Gasteiger charge is 2.32. The highest BCUT2D eigenvalue weighted by atomic mass is 16.5. The second kappa shape index (κ2) is 8.30. The fourth-order valence-electron chi connectivity index (χ4n) is 3.98. The van der Waals surface area contributed by atoms with Gasteiger partial charge in [-0.1, -0.05) is 0 Å². The standard InChI is InChI=1S/C18H31N3O3/c1-2-24-18(23)14-4-3-9-20(12-14)13-17(22)19-15-7-10-21(11-8-15)16-5-6-16/h14-16H,2-13H2,1H3,(H,19,22). The fourth-order valence-corrected chi connectivity index (χ4v) is 3.98. The summed E-state index contributed by atoms with van der Waals surface area (Å²) in [5, 5.41) is 3.19.